The zero-order valence-corrected chi connectivity index (χ0v) is 15.2. The molecule has 0 aliphatic carbocycles. The Morgan fingerprint density at radius 2 is 1.89 bits per heavy atom. The molecule has 5 nitrogen and oxygen atoms in total. The van der Waals surface area contributed by atoms with Crippen LogP contribution in [0, 0.1) is 20.8 Å². The third kappa shape index (κ3) is 3.79. The van der Waals surface area contributed by atoms with Crippen molar-refractivity contribution >= 4 is 16.8 Å². The minimum Gasteiger partial charge on any atom is -0.350 e. The van der Waals surface area contributed by atoms with Gasteiger partial charge in [0.1, 0.15) is 0 Å². The average Bonchev–Trinajstić information content (AvgIpc) is 2.96. The van der Waals surface area contributed by atoms with E-state index in [4.69, 9.17) is 0 Å². The third-order valence-electron chi connectivity index (χ3n) is 4.44. The van der Waals surface area contributed by atoms with E-state index in [0.717, 1.165) is 22.5 Å². The first-order valence-corrected chi connectivity index (χ1v) is 8.44. The first-order valence-electron chi connectivity index (χ1n) is 8.44. The summed E-state index contributed by atoms with van der Waals surface area (Å²) in [6, 6.07) is 8.54. The molecule has 0 saturated carbocycles. The molecule has 2 heterocycles. The number of hydrogen-bond donors (Lipinski definition) is 1. The van der Waals surface area contributed by atoms with Gasteiger partial charge in [-0.2, -0.15) is 18.3 Å². The Morgan fingerprint density at radius 1 is 1.19 bits per heavy atom. The van der Waals surface area contributed by atoms with Crippen LogP contribution in [0.5, 0.6) is 0 Å². The van der Waals surface area contributed by atoms with E-state index in [-0.39, 0.29) is 19.0 Å². The van der Waals surface area contributed by atoms with Crippen molar-refractivity contribution in [1.29, 1.82) is 0 Å². The molecule has 0 atom stereocenters. The molecule has 0 bridgehead atoms. The van der Waals surface area contributed by atoms with Crippen molar-refractivity contribution in [3.63, 3.8) is 0 Å². The van der Waals surface area contributed by atoms with Crippen LogP contribution in [0.1, 0.15) is 33.0 Å². The number of hydrogen-bond acceptors (Lipinski definition) is 3. The number of rotatable bonds is 4. The van der Waals surface area contributed by atoms with Crippen molar-refractivity contribution in [1.82, 2.24) is 20.1 Å². The van der Waals surface area contributed by atoms with E-state index in [1.54, 1.807) is 13.8 Å². The Bertz CT molecular complexity index is 1010. The molecule has 0 radical (unpaired) electrons. The highest BCUT2D eigenvalue weighted by molar-refractivity contribution is 6.01. The van der Waals surface area contributed by atoms with Gasteiger partial charge in [-0.05, 0) is 38.5 Å². The fourth-order valence-electron chi connectivity index (χ4n) is 3.10. The van der Waals surface area contributed by atoms with Gasteiger partial charge in [-0.1, -0.05) is 18.2 Å². The Labute approximate surface area is 154 Å². The van der Waals surface area contributed by atoms with Gasteiger partial charge in [0.05, 0.1) is 23.3 Å². The van der Waals surface area contributed by atoms with Crippen LogP contribution in [0.25, 0.3) is 10.9 Å². The fourth-order valence-corrected chi connectivity index (χ4v) is 3.10. The van der Waals surface area contributed by atoms with E-state index in [0.29, 0.717) is 17.0 Å². The standard InChI is InChI=1S/C19H19F3N4O/c1-11-10-16(19(20,21)22)25-26(11)9-8-23-18(27)17-12(2)14-6-4-5-7-15(14)24-13(17)3/h4-7,10H,8-9H2,1-3H3,(H,23,27). The summed E-state index contributed by atoms with van der Waals surface area (Å²) < 4.78 is 39.4. The number of para-hydroxylation sites is 1. The molecule has 0 spiro atoms. The minimum atomic E-state index is -4.48. The van der Waals surface area contributed by atoms with Gasteiger partial charge in [-0.25, -0.2) is 0 Å². The van der Waals surface area contributed by atoms with Crippen LogP contribution in [-0.4, -0.2) is 27.2 Å². The molecule has 1 aromatic carbocycles. The lowest BCUT2D eigenvalue weighted by atomic mass is 10.0. The van der Waals surface area contributed by atoms with Crippen LogP contribution in [-0.2, 0) is 12.7 Å². The molecule has 2 aromatic heterocycles. The number of carbonyl (C=O) groups excluding carboxylic acids is 1. The summed E-state index contributed by atoms with van der Waals surface area (Å²) in [6.45, 7) is 5.48. The number of fused-ring (bicyclic) bond motifs is 1. The minimum absolute atomic E-state index is 0.146. The fraction of sp³-hybridized carbons (Fsp3) is 0.316. The van der Waals surface area contributed by atoms with Gasteiger partial charge in [0, 0.05) is 17.6 Å². The summed E-state index contributed by atoms with van der Waals surface area (Å²) in [5.74, 6) is -0.302. The van der Waals surface area contributed by atoms with Crippen molar-refractivity contribution in [2.75, 3.05) is 6.54 Å². The van der Waals surface area contributed by atoms with Gasteiger partial charge in [-0.15, -0.1) is 0 Å². The molecule has 0 aliphatic heterocycles. The summed E-state index contributed by atoms with van der Waals surface area (Å²) >= 11 is 0. The summed E-state index contributed by atoms with van der Waals surface area (Å²) in [4.78, 5) is 17.1. The van der Waals surface area contributed by atoms with Gasteiger partial charge in [0.25, 0.3) is 5.91 Å². The van der Waals surface area contributed by atoms with E-state index < -0.39 is 11.9 Å². The zero-order valence-electron chi connectivity index (χ0n) is 15.2. The van der Waals surface area contributed by atoms with Gasteiger partial charge >= 0.3 is 6.18 Å². The second-order valence-corrected chi connectivity index (χ2v) is 6.36. The molecule has 3 rings (SSSR count). The van der Waals surface area contributed by atoms with Gasteiger partial charge in [0.15, 0.2) is 5.69 Å². The molecule has 3 aromatic rings. The second kappa shape index (κ2) is 7.02. The number of pyridine rings is 1. The highest BCUT2D eigenvalue weighted by Crippen LogP contribution is 2.28. The van der Waals surface area contributed by atoms with Crippen LogP contribution in [0.3, 0.4) is 0 Å². The molecule has 0 fully saturated rings. The average molecular weight is 376 g/mol. The molecule has 8 heteroatoms. The summed E-state index contributed by atoms with van der Waals surface area (Å²) in [7, 11) is 0. The van der Waals surface area contributed by atoms with E-state index in [1.807, 2.05) is 31.2 Å². The maximum absolute atomic E-state index is 12.7. The Balaban J connectivity index is 1.74. The van der Waals surface area contributed by atoms with Gasteiger partial charge in [0.2, 0.25) is 0 Å². The lowest BCUT2D eigenvalue weighted by molar-refractivity contribution is -0.141. The Kier molecular flexibility index (Phi) is 4.91. The lowest BCUT2D eigenvalue weighted by Gasteiger charge is -2.13. The SMILES string of the molecule is Cc1nc2ccccc2c(C)c1C(=O)NCCn1nc(C(F)(F)F)cc1C. The maximum atomic E-state index is 12.7. The molecular formula is C19H19F3N4O. The molecule has 1 amide bonds. The molecule has 0 unspecified atom stereocenters. The highest BCUT2D eigenvalue weighted by atomic mass is 19.4. The highest BCUT2D eigenvalue weighted by Gasteiger charge is 2.34. The first kappa shape index (κ1) is 18.9. The van der Waals surface area contributed by atoms with Crippen LogP contribution >= 0.6 is 0 Å². The Morgan fingerprint density at radius 3 is 2.56 bits per heavy atom. The summed E-state index contributed by atoms with van der Waals surface area (Å²) in [6.07, 6.45) is -4.48. The van der Waals surface area contributed by atoms with E-state index >= 15 is 0 Å². The number of aromatic nitrogens is 3. The molecule has 142 valence electrons. The molecule has 0 aliphatic rings. The number of alkyl halides is 3. The first-order chi connectivity index (χ1) is 12.7. The number of nitrogens with one attached hydrogen (secondary N) is 1. The number of carbonyl (C=O) groups is 1. The number of benzene rings is 1. The van der Waals surface area contributed by atoms with E-state index in [2.05, 4.69) is 15.4 Å². The largest absolute Gasteiger partial charge is 0.435 e. The summed E-state index contributed by atoms with van der Waals surface area (Å²) in [5, 5.41) is 7.20. The number of nitrogens with zero attached hydrogens (tertiary/aromatic N) is 3. The molecular weight excluding hydrogens is 357 g/mol. The predicted octanol–water partition coefficient (Wildman–Crippen LogP) is 3.81. The van der Waals surface area contributed by atoms with Crippen molar-refractivity contribution < 1.29 is 18.0 Å². The molecule has 1 N–H and O–H groups in total. The number of aryl methyl sites for hydroxylation is 3. The zero-order chi connectivity index (χ0) is 19.8. The normalized spacial score (nSPS) is 11.8. The molecule has 0 saturated heterocycles. The topological polar surface area (TPSA) is 59.8 Å². The number of halogens is 3. The summed E-state index contributed by atoms with van der Waals surface area (Å²) in [5.41, 5.74) is 2.19. The van der Waals surface area contributed by atoms with E-state index in [1.165, 1.54) is 4.68 Å². The second-order valence-electron chi connectivity index (χ2n) is 6.36. The maximum Gasteiger partial charge on any atom is 0.435 e. The van der Waals surface area contributed by atoms with Crippen molar-refractivity contribution in [2.45, 2.75) is 33.5 Å². The van der Waals surface area contributed by atoms with Crippen LogP contribution < -0.4 is 5.32 Å². The molecule has 27 heavy (non-hydrogen) atoms. The predicted molar refractivity (Wildman–Crippen MR) is 95.5 cm³/mol. The van der Waals surface area contributed by atoms with Crippen LogP contribution in [0.4, 0.5) is 13.2 Å². The van der Waals surface area contributed by atoms with Gasteiger partial charge < -0.3 is 5.32 Å². The smallest absolute Gasteiger partial charge is 0.350 e. The van der Waals surface area contributed by atoms with Crippen molar-refractivity contribution in [3.8, 4) is 0 Å². The third-order valence-corrected chi connectivity index (χ3v) is 4.44. The lowest BCUT2D eigenvalue weighted by Crippen LogP contribution is -2.29. The van der Waals surface area contributed by atoms with E-state index in [9.17, 15) is 18.0 Å². The van der Waals surface area contributed by atoms with Crippen LogP contribution in [0.2, 0.25) is 0 Å². The van der Waals surface area contributed by atoms with Crippen LogP contribution in [0.15, 0.2) is 30.3 Å². The van der Waals surface area contributed by atoms with Gasteiger partial charge in [-0.3, -0.25) is 14.5 Å². The van der Waals surface area contributed by atoms with Crippen molar-refractivity contribution in [3.05, 3.63) is 58.5 Å². The van der Waals surface area contributed by atoms with Crippen molar-refractivity contribution in [2.24, 2.45) is 0 Å². The Hall–Kier alpha value is -2.90. The number of amides is 1. The quantitative estimate of drug-likeness (QED) is 0.753. The monoisotopic (exact) mass is 376 g/mol.